The molecule has 2 atom stereocenters. The number of fused-ring (bicyclic) bond motifs is 5. The Balaban J connectivity index is 1.15. The van der Waals surface area contributed by atoms with Gasteiger partial charge in [-0.2, -0.15) is 17.5 Å². The van der Waals surface area contributed by atoms with Gasteiger partial charge in [0.15, 0.2) is 0 Å². The van der Waals surface area contributed by atoms with Crippen molar-refractivity contribution < 1.29 is 0 Å². The molecule has 0 radical (unpaired) electrons. The van der Waals surface area contributed by atoms with Gasteiger partial charge in [0.05, 0.1) is 31.0 Å². The van der Waals surface area contributed by atoms with Crippen LogP contribution in [0, 0.1) is 11.8 Å². The average molecular weight is 1240 g/mol. The van der Waals surface area contributed by atoms with E-state index in [0.717, 1.165) is 57.5 Å². The fraction of sp³-hybridized carbons (Fsp3) is 0.727. The average Bonchev–Trinajstić information content (AvgIpc) is 4.30. The number of thiophene rings is 2. The Kier molecular flexibility index (Phi) is 32.3. The standard InChI is InChI=1S/C66H102Br2N4S4/c1-5-9-13-17-21-25-27-31-35-39-43-51(41-37-33-29-23-19-15-11-7-3)45-53-47-59(73-65(53)67)57-49-55-56(61-63(57)71-75-69-61)50-58(64-62(55)70-76-72-64)60-48-54(66(68)74-60)46-52(42-38-34-30-24-20-16-12-8-4)44-40-36-32-28-26-22-18-14-10-6-2/h47-52H,5-46H2,1-4H3. The summed E-state index contributed by atoms with van der Waals surface area (Å²) in [6, 6.07) is 9.72. The summed E-state index contributed by atoms with van der Waals surface area (Å²) in [5, 5.41) is 2.28. The first kappa shape index (κ1) is 63.9. The number of unbranched alkanes of at least 4 members (excludes halogenated alkanes) is 32. The number of benzene rings is 2. The lowest BCUT2D eigenvalue weighted by Gasteiger charge is -2.17. The molecule has 0 amide bonds. The Hall–Kier alpha value is -1.30. The second-order valence-electron chi connectivity index (χ2n) is 23.3. The molecule has 0 bridgehead atoms. The predicted molar refractivity (Wildman–Crippen MR) is 350 cm³/mol. The van der Waals surface area contributed by atoms with E-state index in [4.69, 9.17) is 17.5 Å². The zero-order chi connectivity index (χ0) is 53.4. The molecule has 6 aromatic rings. The lowest BCUT2D eigenvalue weighted by Crippen LogP contribution is -2.05. The number of nitrogens with zero attached hydrogens (tertiary/aromatic N) is 4. The molecule has 0 aliphatic heterocycles. The van der Waals surface area contributed by atoms with Gasteiger partial charge >= 0.3 is 0 Å². The van der Waals surface area contributed by atoms with Gasteiger partial charge in [0, 0.05) is 31.7 Å². The summed E-state index contributed by atoms with van der Waals surface area (Å²) in [7, 11) is 0. The second kappa shape index (κ2) is 38.4. The van der Waals surface area contributed by atoms with Crippen molar-refractivity contribution in [2.24, 2.45) is 11.8 Å². The molecule has 0 spiro atoms. The maximum Gasteiger partial charge on any atom is 0.114 e. The molecule has 2 unspecified atom stereocenters. The molecule has 6 rings (SSSR count). The van der Waals surface area contributed by atoms with E-state index in [1.165, 1.54) is 320 Å². The number of rotatable bonds is 46. The van der Waals surface area contributed by atoms with Crippen molar-refractivity contribution in [2.45, 2.75) is 297 Å². The van der Waals surface area contributed by atoms with Crippen molar-refractivity contribution in [3.8, 4) is 20.9 Å². The lowest BCUT2D eigenvalue weighted by molar-refractivity contribution is 0.400. The highest BCUT2D eigenvalue weighted by Crippen LogP contribution is 2.46. The smallest absolute Gasteiger partial charge is 0.114 e. The van der Waals surface area contributed by atoms with Gasteiger partial charge in [0.2, 0.25) is 0 Å². The Morgan fingerprint density at radius 3 is 0.855 bits per heavy atom. The quantitative estimate of drug-likeness (QED) is 0.0358. The van der Waals surface area contributed by atoms with Crippen LogP contribution in [0.5, 0.6) is 0 Å². The molecule has 0 N–H and O–H groups in total. The third kappa shape index (κ3) is 21.9. The lowest BCUT2D eigenvalue weighted by atomic mass is 9.89. The second-order valence-corrected chi connectivity index (χ2v) is 29.1. The highest BCUT2D eigenvalue weighted by atomic mass is 79.9. The monoisotopic (exact) mass is 1240 g/mol. The Bertz CT molecular complexity index is 2280. The molecule has 4 nitrogen and oxygen atoms in total. The number of aromatic nitrogens is 4. The van der Waals surface area contributed by atoms with Crippen LogP contribution >= 0.6 is 78.0 Å². The Morgan fingerprint density at radius 2 is 0.579 bits per heavy atom. The molecule has 10 heteroatoms. The summed E-state index contributed by atoms with van der Waals surface area (Å²) >= 11 is 14.7. The van der Waals surface area contributed by atoms with Crippen LogP contribution in [-0.2, 0) is 12.8 Å². The topological polar surface area (TPSA) is 51.6 Å². The molecular weight excluding hydrogens is 1140 g/mol. The number of hydrogen-bond donors (Lipinski definition) is 0. The molecule has 0 aliphatic carbocycles. The molecule has 0 aliphatic rings. The molecule has 76 heavy (non-hydrogen) atoms. The van der Waals surface area contributed by atoms with Crippen molar-refractivity contribution >= 4 is 111 Å². The van der Waals surface area contributed by atoms with E-state index in [2.05, 4.69) is 83.8 Å². The van der Waals surface area contributed by atoms with Gasteiger partial charge in [-0.15, -0.1) is 22.7 Å². The summed E-state index contributed by atoms with van der Waals surface area (Å²) < 4.78 is 22.7. The van der Waals surface area contributed by atoms with E-state index >= 15 is 0 Å². The molecule has 2 aromatic carbocycles. The van der Waals surface area contributed by atoms with E-state index in [1.807, 2.05) is 22.7 Å². The van der Waals surface area contributed by atoms with E-state index in [-0.39, 0.29) is 0 Å². The highest BCUT2D eigenvalue weighted by molar-refractivity contribution is 9.11. The predicted octanol–water partition coefficient (Wildman–Crippen LogP) is 25.8. The highest BCUT2D eigenvalue weighted by Gasteiger charge is 2.24. The molecule has 424 valence electrons. The summed E-state index contributed by atoms with van der Waals surface area (Å²) in [6.45, 7) is 9.27. The van der Waals surface area contributed by atoms with Crippen LogP contribution in [0.4, 0.5) is 0 Å². The summed E-state index contributed by atoms with van der Waals surface area (Å²) in [4.78, 5) is 2.55. The summed E-state index contributed by atoms with van der Waals surface area (Å²) in [5.74, 6) is 1.46. The van der Waals surface area contributed by atoms with Crippen LogP contribution in [0.25, 0.3) is 53.7 Å². The van der Waals surface area contributed by atoms with Gasteiger partial charge in [0.25, 0.3) is 0 Å². The van der Waals surface area contributed by atoms with Crippen molar-refractivity contribution in [3.05, 3.63) is 43.0 Å². The van der Waals surface area contributed by atoms with E-state index in [1.54, 1.807) is 0 Å². The first-order chi connectivity index (χ1) is 37.4. The molecule has 4 aromatic heterocycles. The van der Waals surface area contributed by atoms with Crippen LogP contribution in [0.2, 0.25) is 0 Å². The minimum Gasteiger partial charge on any atom is -0.172 e. The molecule has 0 saturated heterocycles. The zero-order valence-electron chi connectivity index (χ0n) is 48.3. The zero-order valence-corrected chi connectivity index (χ0v) is 54.8. The van der Waals surface area contributed by atoms with E-state index in [9.17, 15) is 0 Å². The minimum atomic E-state index is 0.729. The van der Waals surface area contributed by atoms with Gasteiger partial charge in [-0.05, 0) is 91.9 Å². The van der Waals surface area contributed by atoms with Crippen molar-refractivity contribution in [1.82, 2.24) is 17.5 Å². The van der Waals surface area contributed by atoms with Gasteiger partial charge < -0.3 is 0 Å². The van der Waals surface area contributed by atoms with Crippen LogP contribution in [-0.4, -0.2) is 17.5 Å². The third-order valence-corrected chi connectivity index (χ3v) is 21.8. The molecule has 4 heterocycles. The van der Waals surface area contributed by atoms with Crippen molar-refractivity contribution in [2.75, 3.05) is 0 Å². The first-order valence-corrected chi connectivity index (χ1v) is 36.5. The van der Waals surface area contributed by atoms with Gasteiger partial charge in [-0.1, -0.05) is 285 Å². The van der Waals surface area contributed by atoms with Crippen molar-refractivity contribution in [1.29, 1.82) is 0 Å². The SMILES string of the molecule is CCCCCCCCCCCCC(CCCCCCCCCC)Cc1cc(-c2cc3c(cc(-c4cc(CC(CCCCCCCCCC)CCCCCCCCCCCC)c(Br)s4)c4nsnc43)c3nsnc23)sc1Br. The summed E-state index contributed by atoms with van der Waals surface area (Å²) in [5.41, 5.74) is 9.29. The van der Waals surface area contributed by atoms with Gasteiger partial charge in [-0.25, -0.2) is 0 Å². The van der Waals surface area contributed by atoms with Crippen LogP contribution in [0.3, 0.4) is 0 Å². The van der Waals surface area contributed by atoms with Crippen molar-refractivity contribution in [3.63, 3.8) is 0 Å². The maximum absolute atomic E-state index is 5.04. The fourth-order valence-corrected chi connectivity index (χ4v) is 16.7. The molecular formula is C66H102Br2N4S4. The van der Waals surface area contributed by atoms with Gasteiger partial charge in [0.1, 0.15) is 22.1 Å². The van der Waals surface area contributed by atoms with E-state index in [0.29, 0.717) is 0 Å². The van der Waals surface area contributed by atoms with E-state index < -0.39 is 0 Å². The normalized spacial score (nSPS) is 12.9. The number of hydrogen-bond acceptors (Lipinski definition) is 8. The first-order valence-electron chi connectivity index (χ1n) is 31.9. The maximum atomic E-state index is 5.04. The van der Waals surface area contributed by atoms with Gasteiger partial charge in [-0.3, -0.25) is 0 Å². The Labute approximate surface area is 497 Å². The largest absolute Gasteiger partial charge is 0.172 e. The molecule has 0 saturated carbocycles. The third-order valence-electron chi connectivity index (χ3n) is 16.8. The van der Waals surface area contributed by atoms with Crippen LogP contribution in [0.15, 0.2) is 31.8 Å². The van der Waals surface area contributed by atoms with Crippen LogP contribution in [0.1, 0.15) is 296 Å². The molecule has 0 fully saturated rings. The minimum absolute atomic E-state index is 0.729. The summed E-state index contributed by atoms with van der Waals surface area (Å²) in [6.07, 6.45) is 57.9. The Morgan fingerprint density at radius 1 is 0.329 bits per heavy atom. The fourth-order valence-electron chi connectivity index (χ4n) is 12.1. The number of halogens is 2. The van der Waals surface area contributed by atoms with Crippen LogP contribution < -0.4 is 0 Å².